The lowest BCUT2D eigenvalue weighted by Gasteiger charge is -2.30. The molecule has 14 heavy (non-hydrogen) atoms. The molecule has 0 aromatic heterocycles. The van der Waals surface area contributed by atoms with Gasteiger partial charge in [0.25, 0.3) is 0 Å². The van der Waals surface area contributed by atoms with Gasteiger partial charge in [-0.2, -0.15) is 5.26 Å². The Bertz CT molecular complexity index is 233. The molecule has 3 nitrogen and oxygen atoms in total. The molecule has 80 valence electrons. The molecule has 3 heteroatoms. The van der Waals surface area contributed by atoms with Gasteiger partial charge >= 0.3 is 0 Å². The maximum Gasteiger partial charge on any atom is 0.108 e. The van der Waals surface area contributed by atoms with Crippen molar-refractivity contribution in [3.05, 3.63) is 0 Å². The van der Waals surface area contributed by atoms with Gasteiger partial charge in [0.2, 0.25) is 0 Å². The van der Waals surface area contributed by atoms with Gasteiger partial charge < -0.3 is 5.73 Å². The molecule has 1 saturated heterocycles. The fourth-order valence-electron chi connectivity index (χ4n) is 2.29. The van der Waals surface area contributed by atoms with Crippen molar-refractivity contribution < 1.29 is 0 Å². The van der Waals surface area contributed by atoms with Crippen LogP contribution in [-0.2, 0) is 0 Å². The Balaban J connectivity index is 2.67. The van der Waals surface area contributed by atoms with Crippen LogP contribution in [0.25, 0.3) is 0 Å². The Hall–Kier alpha value is -0.590. The Kier molecular flexibility index (Phi) is 3.52. The van der Waals surface area contributed by atoms with E-state index in [0.29, 0.717) is 17.9 Å². The van der Waals surface area contributed by atoms with Crippen LogP contribution in [0.3, 0.4) is 0 Å². The van der Waals surface area contributed by atoms with Crippen LogP contribution in [0.4, 0.5) is 0 Å². The maximum absolute atomic E-state index is 8.78. The molecule has 0 spiro atoms. The quantitative estimate of drug-likeness (QED) is 0.720. The van der Waals surface area contributed by atoms with Crippen molar-refractivity contribution in [1.29, 1.82) is 5.26 Å². The van der Waals surface area contributed by atoms with Gasteiger partial charge in [0.15, 0.2) is 0 Å². The van der Waals surface area contributed by atoms with E-state index in [1.165, 1.54) is 0 Å². The normalized spacial score (nSPS) is 37.9. The van der Waals surface area contributed by atoms with E-state index in [4.69, 9.17) is 11.0 Å². The number of nitriles is 1. The Morgan fingerprint density at radius 2 is 2.00 bits per heavy atom. The fraction of sp³-hybridized carbons (Fsp3) is 0.909. The van der Waals surface area contributed by atoms with Crippen LogP contribution >= 0.6 is 0 Å². The molecule has 1 heterocycles. The predicted octanol–water partition coefficient (Wildman–Crippen LogP) is 1.20. The van der Waals surface area contributed by atoms with Crippen molar-refractivity contribution in [1.82, 2.24) is 4.90 Å². The van der Waals surface area contributed by atoms with Crippen LogP contribution in [0.15, 0.2) is 0 Å². The maximum atomic E-state index is 8.78. The highest BCUT2D eigenvalue weighted by molar-refractivity contribution is 4.99. The van der Waals surface area contributed by atoms with E-state index in [1.54, 1.807) is 0 Å². The van der Waals surface area contributed by atoms with Crippen molar-refractivity contribution in [3.8, 4) is 6.07 Å². The average Bonchev–Trinajstić information content (AvgIpc) is 2.43. The minimum Gasteiger partial charge on any atom is -0.315 e. The first-order chi connectivity index (χ1) is 6.49. The molecule has 1 aliphatic rings. The SMILES string of the molecule is CC1CN(C(C)C(N)C#N)C(C)C1C. The summed E-state index contributed by atoms with van der Waals surface area (Å²) >= 11 is 0. The topological polar surface area (TPSA) is 53.0 Å². The second-order valence-electron chi connectivity index (χ2n) is 4.67. The van der Waals surface area contributed by atoms with E-state index in [1.807, 2.05) is 0 Å². The number of nitrogens with zero attached hydrogens (tertiary/aromatic N) is 2. The second kappa shape index (κ2) is 4.29. The lowest BCUT2D eigenvalue weighted by atomic mass is 9.95. The zero-order chi connectivity index (χ0) is 10.9. The average molecular weight is 195 g/mol. The van der Waals surface area contributed by atoms with Gasteiger partial charge in [0.05, 0.1) is 6.07 Å². The van der Waals surface area contributed by atoms with Crippen molar-refractivity contribution in [2.24, 2.45) is 17.6 Å². The molecule has 0 bridgehead atoms. The van der Waals surface area contributed by atoms with Crippen molar-refractivity contribution in [2.45, 2.75) is 45.8 Å². The second-order valence-corrected chi connectivity index (χ2v) is 4.67. The highest BCUT2D eigenvalue weighted by Gasteiger charge is 2.37. The molecular weight excluding hydrogens is 174 g/mol. The van der Waals surface area contributed by atoms with Gasteiger partial charge in [-0.3, -0.25) is 4.90 Å². The van der Waals surface area contributed by atoms with Gasteiger partial charge in [0, 0.05) is 18.6 Å². The summed E-state index contributed by atoms with van der Waals surface area (Å²) in [5.74, 6) is 1.40. The molecular formula is C11H21N3. The monoisotopic (exact) mass is 195 g/mol. The van der Waals surface area contributed by atoms with Crippen molar-refractivity contribution >= 4 is 0 Å². The third-order valence-corrected chi connectivity index (χ3v) is 3.87. The first kappa shape index (κ1) is 11.5. The van der Waals surface area contributed by atoms with Crippen LogP contribution in [-0.4, -0.2) is 29.6 Å². The van der Waals surface area contributed by atoms with Crippen LogP contribution in [0.1, 0.15) is 27.7 Å². The molecule has 0 aliphatic carbocycles. The van der Waals surface area contributed by atoms with E-state index >= 15 is 0 Å². The molecule has 1 rings (SSSR count). The minimum atomic E-state index is -0.366. The van der Waals surface area contributed by atoms with E-state index in [9.17, 15) is 0 Å². The number of rotatable bonds is 2. The van der Waals surface area contributed by atoms with Gasteiger partial charge in [-0.1, -0.05) is 13.8 Å². The minimum absolute atomic E-state index is 0.169. The van der Waals surface area contributed by atoms with Crippen molar-refractivity contribution in [3.63, 3.8) is 0 Å². The molecule has 2 N–H and O–H groups in total. The Labute approximate surface area is 86.9 Å². The zero-order valence-electron chi connectivity index (χ0n) is 9.57. The summed E-state index contributed by atoms with van der Waals surface area (Å²) in [6.07, 6.45) is 0. The highest BCUT2D eigenvalue weighted by atomic mass is 15.2. The molecule has 5 unspecified atom stereocenters. The molecule has 0 aromatic carbocycles. The summed E-state index contributed by atoms with van der Waals surface area (Å²) in [5, 5.41) is 8.78. The summed E-state index contributed by atoms with van der Waals surface area (Å²) in [5.41, 5.74) is 5.75. The smallest absolute Gasteiger partial charge is 0.108 e. The molecule has 1 aliphatic heterocycles. The van der Waals surface area contributed by atoms with Crippen LogP contribution in [0.2, 0.25) is 0 Å². The predicted molar refractivity (Wildman–Crippen MR) is 57.5 cm³/mol. The van der Waals surface area contributed by atoms with Crippen LogP contribution in [0.5, 0.6) is 0 Å². The third-order valence-electron chi connectivity index (χ3n) is 3.87. The first-order valence-corrected chi connectivity index (χ1v) is 5.40. The first-order valence-electron chi connectivity index (χ1n) is 5.40. The van der Waals surface area contributed by atoms with E-state index in [-0.39, 0.29) is 12.1 Å². The summed E-state index contributed by atoms with van der Waals surface area (Å²) < 4.78 is 0. The summed E-state index contributed by atoms with van der Waals surface area (Å²) in [7, 11) is 0. The summed E-state index contributed by atoms with van der Waals surface area (Å²) in [6.45, 7) is 9.90. The molecule has 0 saturated carbocycles. The van der Waals surface area contributed by atoms with Gasteiger partial charge in [-0.05, 0) is 25.7 Å². The van der Waals surface area contributed by atoms with Gasteiger partial charge in [-0.15, -0.1) is 0 Å². The van der Waals surface area contributed by atoms with E-state index < -0.39 is 0 Å². The van der Waals surface area contributed by atoms with E-state index in [0.717, 1.165) is 6.54 Å². The summed E-state index contributed by atoms with van der Waals surface area (Å²) in [4.78, 5) is 2.36. The standard InChI is InChI=1S/C11H21N3/c1-7-6-14(9(3)8(7)2)10(4)11(13)5-12/h7-11H,6,13H2,1-4H3. The fourth-order valence-corrected chi connectivity index (χ4v) is 2.29. The Morgan fingerprint density at radius 3 is 2.36 bits per heavy atom. The van der Waals surface area contributed by atoms with Crippen LogP contribution in [0, 0.1) is 23.2 Å². The van der Waals surface area contributed by atoms with Gasteiger partial charge in [-0.25, -0.2) is 0 Å². The number of hydrogen-bond acceptors (Lipinski definition) is 3. The van der Waals surface area contributed by atoms with Crippen molar-refractivity contribution in [2.75, 3.05) is 6.54 Å². The molecule has 0 radical (unpaired) electrons. The lowest BCUT2D eigenvalue weighted by Crippen LogP contribution is -2.47. The number of hydrogen-bond donors (Lipinski definition) is 1. The summed E-state index contributed by atoms with van der Waals surface area (Å²) in [6, 6.07) is 2.47. The lowest BCUT2D eigenvalue weighted by molar-refractivity contribution is 0.177. The molecule has 5 atom stereocenters. The molecule has 0 amide bonds. The highest BCUT2D eigenvalue weighted by Crippen LogP contribution is 2.30. The zero-order valence-corrected chi connectivity index (χ0v) is 9.57. The number of nitrogens with two attached hydrogens (primary N) is 1. The largest absolute Gasteiger partial charge is 0.315 e. The third kappa shape index (κ3) is 1.92. The van der Waals surface area contributed by atoms with Gasteiger partial charge in [0.1, 0.15) is 6.04 Å². The molecule has 0 aromatic rings. The van der Waals surface area contributed by atoms with E-state index in [2.05, 4.69) is 38.7 Å². The van der Waals surface area contributed by atoms with Crippen LogP contribution < -0.4 is 5.73 Å². The Morgan fingerprint density at radius 1 is 1.43 bits per heavy atom. The number of likely N-dealkylation sites (tertiary alicyclic amines) is 1. The molecule has 1 fully saturated rings.